The number of carbonyl (C=O) groups excluding carboxylic acids is 4. The summed E-state index contributed by atoms with van der Waals surface area (Å²) < 4.78 is 42.2. The van der Waals surface area contributed by atoms with Gasteiger partial charge < -0.3 is 38.2 Å². The Morgan fingerprint density at radius 3 is 1.72 bits per heavy atom. The predicted molar refractivity (Wildman–Crippen MR) is 222 cm³/mol. The number of nitrogens with zero attached hydrogens (tertiary/aromatic N) is 3. The number of amides is 1. The molecule has 0 bridgehead atoms. The standard InChI is InChI=1S/C44H50N4O11Si/c1-30(49)57-39-37(29-56-60(44(3,4)5,34-22-14-8-15-23-34)35-24-16-9-17-25-35)59-42(38(47-48-45)40(39)58-31(2)50)54-28-36(41(51)53-26-32-18-10-6-11-19-32)46-43(52)55-27-33-20-12-7-13-21-33/h6-25,36-40,42H,26-29H2,1-5H3,(H,46,52)/t36-,37+,38+,39-,40+,42-/m0/s1. The number of hydrogen-bond acceptors (Lipinski definition) is 12. The zero-order chi connectivity index (χ0) is 43.1. The van der Waals surface area contributed by atoms with Crippen LogP contribution < -0.4 is 15.7 Å². The Labute approximate surface area is 350 Å². The predicted octanol–water partition coefficient (Wildman–Crippen LogP) is 5.89. The lowest BCUT2D eigenvalue weighted by atomic mass is 9.97. The van der Waals surface area contributed by atoms with E-state index in [1.165, 1.54) is 6.92 Å². The van der Waals surface area contributed by atoms with Crippen molar-refractivity contribution in [2.75, 3.05) is 13.2 Å². The van der Waals surface area contributed by atoms with Gasteiger partial charge in [-0.05, 0) is 32.1 Å². The molecule has 16 heteroatoms. The molecule has 1 N–H and O–H groups in total. The number of azide groups is 1. The van der Waals surface area contributed by atoms with E-state index in [0.717, 1.165) is 17.3 Å². The molecule has 1 aliphatic rings. The first kappa shape index (κ1) is 45.1. The fraction of sp³-hybridized carbons (Fsp3) is 0.364. The maximum atomic E-state index is 13.6. The monoisotopic (exact) mass is 838 g/mol. The molecular formula is C44H50N4O11Si. The van der Waals surface area contributed by atoms with Crippen LogP contribution in [-0.4, -0.2) is 82.2 Å². The summed E-state index contributed by atoms with van der Waals surface area (Å²) >= 11 is 0. The van der Waals surface area contributed by atoms with E-state index in [-0.39, 0.29) is 19.8 Å². The van der Waals surface area contributed by atoms with Gasteiger partial charge in [-0.3, -0.25) is 9.59 Å². The molecule has 6 atom stereocenters. The second-order valence-corrected chi connectivity index (χ2v) is 19.4. The summed E-state index contributed by atoms with van der Waals surface area (Å²) in [6, 6.07) is 34.6. The maximum Gasteiger partial charge on any atom is 0.408 e. The summed E-state index contributed by atoms with van der Waals surface area (Å²) in [6.45, 7) is 7.62. The van der Waals surface area contributed by atoms with Crippen molar-refractivity contribution >= 4 is 42.7 Å². The Kier molecular flexibility index (Phi) is 16.0. The number of nitrogens with one attached hydrogen (secondary N) is 1. The average molecular weight is 839 g/mol. The lowest BCUT2D eigenvalue weighted by Gasteiger charge is -2.47. The molecule has 4 aromatic rings. The normalized spacial score (nSPS) is 19.4. The quantitative estimate of drug-likeness (QED) is 0.0333. The molecule has 0 radical (unpaired) electrons. The fourth-order valence-electron chi connectivity index (χ4n) is 7.07. The van der Waals surface area contributed by atoms with Crippen LogP contribution in [0.25, 0.3) is 10.4 Å². The molecule has 1 saturated heterocycles. The molecular weight excluding hydrogens is 789 g/mol. The van der Waals surface area contributed by atoms with E-state index in [2.05, 4.69) is 36.1 Å². The average Bonchev–Trinajstić information content (AvgIpc) is 3.23. The van der Waals surface area contributed by atoms with E-state index in [0.29, 0.717) is 11.1 Å². The Balaban J connectivity index is 1.47. The molecule has 4 aromatic carbocycles. The largest absolute Gasteiger partial charge is 0.459 e. The van der Waals surface area contributed by atoms with Gasteiger partial charge in [0.25, 0.3) is 8.32 Å². The second-order valence-electron chi connectivity index (χ2n) is 15.0. The van der Waals surface area contributed by atoms with Gasteiger partial charge in [0.2, 0.25) is 0 Å². The van der Waals surface area contributed by atoms with Crippen LogP contribution in [0.15, 0.2) is 126 Å². The second kappa shape index (κ2) is 21.3. The topological polar surface area (TPSA) is 194 Å². The molecule has 5 rings (SSSR count). The third kappa shape index (κ3) is 11.8. The lowest BCUT2D eigenvalue weighted by Crippen LogP contribution is -2.68. The van der Waals surface area contributed by atoms with Crippen LogP contribution >= 0.6 is 0 Å². The lowest BCUT2D eigenvalue weighted by molar-refractivity contribution is -0.272. The zero-order valence-corrected chi connectivity index (χ0v) is 35.2. The molecule has 1 heterocycles. The van der Waals surface area contributed by atoms with Crippen LogP contribution in [0.1, 0.15) is 45.7 Å². The number of hydrogen-bond donors (Lipinski definition) is 1. The molecule has 60 heavy (non-hydrogen) atoms. The molecule has 0 spiro atoms. The van der Waals surface area contributed by atoms with Gasteiger partial charge in [-0.1, -0.05) is 147 Å². The first-order chi connectivity index (χ1) is 28.8. The molecule has 0 unspecified atom stereocenters. The SMILES string of the molecule is CC(=O)O[C@@H]1[C@@H](N=[N+]=[N-])[C@@H](OC[C@H](NC(=O)OCc2ccccc2)C(=O)OCc2ccccc2)O[C@H](CO[Si](c2ccccc2)(c2ccccc2)C(C)(C)C)[C@@H]1OC(C)=O. The van der Waals surface area contributed by atoms with Gasteiger partial charge in [0.05, 0.1) is 13.2 Å². The zero-order valence-electron chi connectivity index (χ0n) is 34.2. The fourth-order valence-corrected chi connectivity index (χ4v) is 11.6. The molecule has 1 fully saturated rings. The van der Waals surface area contributed by atoms with Crippen molar-refractivity contribution in [2.24, 2.45) is 5.11 Å². The minimum Gasteiger partial charge on any atom is -0.459 e. The van der Waals surface area contributed by atoms with Crippen LogP contribution in [0.2, 0.25) is 5.04 Å². The van der Waals surface area contributed by atoms with Crippen molar-refractivity contribution in [1.82, 2.24) is 5.32 Å². The number of benzene rings is 4. The Hall–Kier alpha value is -6.03. The number of carbonyl (C=O) groups is 4. The smallest absolute Gasteiger partial charge is 0.408 e. The highest BCUT2D eigenvalue weighted by molar-refractivity contribution is 6.99. The summed E-state index contributed by atoms with van der Waals surface area (Å²) in [4.78, 5) is 54.9. The van der Waals surface area contributed by atoms with Crippen LogP contribution in [-0.2, 0) is 60.4 Å². The number of rotatable bonds is 17. The summed E-state index contributed by atoms with van der Waals surface area (Å²) in [7, 11) is -3.22. The van der Waals surface area contributed by atoms with Crippen molar-refractivity contribution in [3.05, 3.63) is 143 Å². The maximum absolute atomic E-state index is 13.6. The van der Waals surface area contributed by atoms with Gasteiger partial charge >= 0.3 is 24.0 Å². The minimum atomic E-state index is -3.22. The van der Waals surface area contributed by atoms with Gasteiger partial charge in [-0.2, -0.15) is 0 Å². The third-order valence-electron chi connectivity index (χ3n) is 9.73. The van der Waals surface area contributed by atoms with Gasteiger partial charge in [0, 0.05) is 18.8 Å². The first-order valence-corrected chi connectivity index (χ1v) is 21.3. The summed E-state index contributed by atoms with van der Waals surface area (Å²) in [5.41, 5.74) is 11.1. The van der Waals surface area contributed by atoms with E-state index in [9.17, 15) is 24.7 Å². The van der Waals surface area contributed by atoms with Crippen molar-refractivity contribution in [3.8, 4) is 0 Å². The van der Waals surface area contributed by atoms with Crippen molar-refractivity contribution in [3.63, 3.8) is 0 Å². The third-order valence-corrected chi connectivity index (χ3v) is 14.7. The summed E-state index contributed by atoms with van der Waals surface area (Å²) in [6.07, 6.45) is -6.41. The highest BCUT2D eigenvalue weighted by Gasteiger charge is 2.54. The molecule has 15 nitrogen and oxygen atoms in total. The van der Waals surface area contributed by atoms with E-state index in [1.54, 1.807) is 48.5 Å². The molecule has 0 aromatic heterocycles. The van der Waals surface area contributed by atoms with Crippen molar-refractivity contribution in [1.29, 1.82) is 0 Å². The molecule has 316 valence electrons. The van der Waals surface area contributed by atoms with Crippen LogP contribution in [0, 0.1) is 0 Å². The highest BCUT2D eigenvalue weighted by Crippen LogP contribution is 2.38. The van der Waals surface area contributed by atoms with Gasteiger partial charge in [0.15, 0.2) is 24.5 Å². The Bertz CT molecular complexity index is 2030. The number of alkyl carbamates (subject to hydrolysis) is 1. The van der Waals surface area contributed by atoms with Gasteiger partial charge in [-0.15, -0.1) is 0 Å². The van der Waals surface area contributed by atoms with Crippen molar-refractivity contribution in [2.45, 2.75) is 89.6 Å². The Morgan fingerprint density at radius 1 is 0.750 bits per heavy atom. The Morgan fingerprint density at radius 2 is 1.23 bits per heavy atom. The van der Waals surface area contributed by atoms with E-state index >= 15 is 0 Å². The highest BCUT2D eigenvalue weighted by atomic mass is 28.4. The van der Waals surface area contributed by atoms with Crippen LogP contribution in [0.3, 0.4) is 0 Å². The van der Waals surface area contributed by atoms with Gasteiger partial charge in [-0.25, -0.2) is 9.59 Å². The summed E-state index contributed by atoms with van der Waals surface area (Å²) in [5.74, 6) is -2.37. The van der Waals surface area contributed by atoms with E-state index < -0.39 is 80.6 Å². The van der Waals surface area contributed by atoms with Crippen molar-refractivity contribution < 1.29 is 52.0 Å². The minimum absolute atomic E-state index is 0.0847. The number of esters is 3. The molecule has 1 aliphatic heterocycles. The molecule has 0 saturated carbocycles. The molecule has 0 aliphatic carbocycles. The van der Waals surface area contributed by atoms with Crippen LogP contribution in [0.4, 0.5) is 4.79 Å². The first-order valence-electron chi connectivity index (χ1n) is 19.4. The van der Waals surface area contributed by atoms with Gasteiger partial charge in [0.1, 0.15) is 25.4 Å². The van der Waals surface area contributed by atoms with Crippen LogP contribution in [0.5, 0.6) is 0 Å². The van der Waals surface area contributed by atoms with E-state index in [4.69, 9.17) is 32.8 Å². The van der Waals surface area contributed by atoms with E-state index in [1.807, 2.05) is 72.8 Å². The summed E-state index contributed by atoms with van der Waals surface area (Å²) in [5, 5.41) is 7.82. The molecule has 1 amide bonds. The number of ether oxygens (including phenoxy) is 6.